The zero-order valence-electron chi connectivity index (χ0n) is 14.8. The molecule has 0 atom stereocenters. The van der Waals surface area contributed by atoms with Gasteiger partial charge in [0.15, 0.2) is 5.82 Å². The van der Waals surface area contributed by atoms with Crippen LogP contribution in [0.2, 0.25) is 0 Å². The van der Waals surface area contributed by atoms with Crippen LogP contribution in [0.3, 0.4) is 0 Å². The summed E-state index contributed by atoms with van der Waals surface area (Å²) >= 11 is 0. The fourth-order valence-electron chi connectivity index (χ4n) is 2.73. The largest absolute Gasteiger partial charge is 0.330 e. The number of aromatic nitrogens is 4. The summed E-state index contributed by atoms with van der Waals surface area (Å²) in [5, 5.41) is 11.5. The molecule has 0 fully saturated rings. The molecule has 0 bridgehead atoms. The van der Waals surface area contributed by atoms with Gasteiger partial charge in [-0.15, -0.1) is 5.10 Å². The molecule has 0 aliphatic carbocycles. The van der Waals surface area contributed by atoms with Crippen LogP contribution in [0, 0.1) is 5.92 Å². The third kappa shape index (κ3) is 3.65. The molecular formula is C18H22N6O2. The molecule has 136 valence electrons. The highest BCUT2D eigenvalue weighted by Gasteiger charge is 2.15. The highest BCUT2D eigenvalue weighted by atomic mass is 16.2. The maximum absolute atomic E-state index is 12.7. The maximum Gasteiger partial charge on any atom is 0.252 e. The van der Waals surface area contributed by atoms with Crippen LogP contribution in [0.25, 0.3) is 10.9 Å². The molecule has 0 saturated carbocycles. The summed E-state index contributed by atoms with van der Waals surface area (Å²) in [6.45, 7) is 4.12. The lowest BCUT2D eigenvalue weighted by atomic mass is 10.1. The van der Waals surface area contributed by atoms with Gasteiger partial charge in [-0.2, -0.15) is 0 Å². The molecule has 3 N–H and O–H groups in total. The van der Waals surface area contributed by atoms with E-state index in [4.69, 9.17) is 5.73 Å². The number of nitrogens with one attached hydrogen (secondary N) is 1. The molecule has 0 radical (unpaired) electrons. The number of nitrogens with zero attached hydrogens (tertiary/aromatic N) is 4. The molecule has 1 aromatic carbocycles. The minimum absolute atomic E-state index is 0.0191. The summed E-state index contributed by atoms with van der Waals surface area (Å²) in [5.74, 6) is -0.117. The number of para-hydroxylation sites is 1. The molecule has 3 aromatic rings. The van der Waals surface area contributed by atoms with Gasteiger partial charge in [0, 0.05) is 17.5 Å². The number of carbonyl (C=O) groups excluding carboxylic acids is 2. The second kappa shape index (κ2) is 7.49. The Balaban J connectivity index is 1.80. The molecule has 1 amide bonds. The van der Waals surface area contributed by atoms with E-state index in [2.05, 4.69) is 15.6 Å². The lowest BCUT2D eigenvalue weighted by molar-refractivity contribution is -0.118. The number of fused-ring (bicyclic) bond motifs is 1. The van der Waals surface area contributed by atoms with E-state index in [9.17, 15) is 9.59 Å². The van der Waals surface area contributed by atoms with E-state index in [1.807, 2.05) is 30.5 Å². The van der Waals surface area contributed by atoms with Gasteiger partial charge in [0.05, 0.1) is 11.7 Å². The zero-order chi connectivity index (χ0) is 18.7. The number of rotatable bonds is 6. The van der Waals surface area contributed by atoms with E-state index >= 15 is 0 Å². The first-order valence-electron chi connectivity index (χ1n) is 8.53. The quantitative estimate of drug-likeness (QED) is 0.700. The minimum atomic E-state index is -0.158. The smallest absolute Gasteiger partial charge is 0.252 e. The normalized spacial score (nSPS) is 11.2. The SMILES string of the molecule is CC(C)C(=O)Nc1cn(CC(=O)n2cc(CCN)c3ccccc32)nn1. The number of nitrogens with two attached hydrogens (primary N) is 1. The molecule has 8 heteroatoms. The second-order valence-corrected chi connectivity index (χ2v) is 6.42. The number of benzene rings is 1. The Morgan fingerprint density at radius 1 is 1.23 bits per heavy atom. The Bertz CT molecular complexity index is 940. The second-order valence-electron chi connectivity index (χ2n) is 6.42. The number of hydrogen-bond donors (Lipinski definition) is 2. The monoisotopic (exact) mass is 354 g/mol. The Morgan fingerprint density at radius 2 is 2.00 bits per heavy atom. The predicted octanol–water partition coefficient (Wildman–Crippen LogP) is 1.67. The third-order valence-corrected chi connectivity index (χ3v) is 4.09. The van der Waals surface area contributed by atoms with Crippen LogP contribution in [0.4, 0.5) is 5.82 Å². The van der Waals surface area contributed by atoms with Gasteiger partial charge in [-0.1, -0.05) is 37.3 Å². The summed E-state index contributed by atoms with van der Waals surface area (Å²) in [6, 6.07) is 7.73. The van der Waals surface area contributed by atoms with E-state index in [1.54, 1.807) is 24.6 Å². The van der Waals surface area contributed by atoms with Crippen molar-refractivity contribution < 1.29 is 9.59 Å². The van der Waals surface area contributed by atoms with E-state index < -0.39 is 0 Å². The number of hydrogen-bond acceptors (Lipinski definition) is 5. The molecule has 26 heavy (non-hydrogen) atoms. The van der Waals surface area contributed by atoms with E-state index in [0.29, 0.717) is 18.8 Å². The van der Waals surface area contributed by atoms with Crippen molar-refractivity contribution >= 4 is 28.5 Å². The van der Waals surface area contributed by atoms with Crippen molar-refractivity contribution in [2.75, 3.05) is 11.9 Å². The van der Waals surface area contributed by atoms with Gasteiger partial charge in [0.2, 0.25) is 5.91 Å². The molecule has 0 aliphatic rings. The standard InChI is InChI=1S/C18H22N6O2/c1-12(2)18(26)20-16-10-23(22-21-16)11-17(25)24-9-13(7-8-19)14-5-3-4-6-15(14)24/h3-6,9-10,12H,7-8,11,19H2,1-2H3,(H,20,26). The van der Waals surface area contributed by atoms with Crippen LogP contribution < -0.4 is 11.1 Å². The lowest BCUT2D eigenvalue weighted by Gasteiger charge is -2.04. The third-order valence-electron chi connectivity index (χ3n) is 4.09. The van der Waals surface area contributed by atoms with Gasteiger partial charge in [-0.3, -0.25) is 14.2 Å². The highest BCUT2D eigenvalue weighted by molar-refractivity contribution is 5.94. The summed E-state index contributed by atoms with van der Waals surface area (Å²) in [7, 11) is 0. The molecule has 0 unspecified atom stereocenters. The predicted molar refractivity (Wildman–Crippen MR) is 98.8 cm³/mol. The van der Waals surface area contributed by atoms with E-state index in [-0.39, 0.29) is 24.3 Å². The summed E-state index contributed by atoms with van der Waals surface area (Å²) < 4.78 is 3.03. The van der Waals surface area contributed by atoms with Crippen LogP contribution in [-0.2, 0) is 17.8 Å². The Morgan fingerprint density at radius 3 is 2.73 bits per heavy atom. The van der Waals surface area contributed by atoms with Crippen molar-refractivity contribution in [3.63, 3.8) is 0 Å². The first kappa shape index (κ1) is 17.8. The first-order chi connectivity index (χ1) is 12.5. The molecule has 0 saturated heterocycles. The van der Waals surface area contributed by atoms with Crippen LogP contribution in [-0.4, -0.2) is 37.9 Å². The molecule has 3 rings (SSSR count). The lowest BCUT2D eigenvalue weighted by Crippen LogP contribution is -2.18. The van der Waals surface area contributed by atoms with Gasteiger partial charge in [-0.05, 0) is 24.6 Å². The summed E-state index contributed by atoms with van der Waals surface area (Å²) in [4.78, 5) is 24.4. The van der Waals surface area contributed by atoms with Crippen molar-refractivity contribution in [2.45, 2.75) is 26.8 Å². The van der Waals surface area contributed by atoms with Gasteiger partial charge in [-0.25, -0.2) is 4.68 Å². The molecule has 8 nitrogen and oxygen atoms in total. The molecule has 0 spiro atoms. The Hall–Kier alpha value is -3.00. The van der Waals surface area contributed by atoms with Crippen LogP contribution >= 0.6 is 0 Å². The van der Waals surface area contributed by atoms with Crippen LogP contribution in [0.1, 0.15) is 24.2 Å². The Kier molecular flexibility index (Phi) is 5.13. The minimum Gasteiger partial charge on any atom is -0.330 e. The first-order valence-corrected chi connectivity index (χ1v) is 8.53. The van der Waals surface area contributed by atoms with Crippen LogP contribution in [0.15, 0.2) is 36.7 Å². The van der Waals surface area contributed by atoms with Crippen molar-refractivity contribution in [3.8, 4) is 0 Å². The number of anilines is 1. The average Bonchev–Trinajstić information content (AvgIpc) is 3.20. The van der Waals surface area contributed by atoms with Crippen LogP contribution in [0.5, 0.6) is 0 Å². The fourth-order valence-corrected chi connectivity index (χ4v) is 2.73. The molecular weight excluding hydrogens is 332 g/mol. The molecule has 0 aliphatic heterocycles. The average molecular weight is 354 g/mol. The summed E-state index contributed by atoms with van der Waals surface area (Å²) in [5.41, 5.74) is 7.56. The Labute approximate surface area is 151 Å². The van der Waals surface area contributed by atoms with Crippen molar-refractivity contribution in [2.24, 2.45) is 11.7 Å². The topological polar surface area (TPSA) is 108 Å². The van der Waals surface area contributed by atoms with Gasteiger partial charge in [0.1, 0.15) is 6.54 Å². The van der Waals surface area contributed by atoms with Gasteiger partial charge >= 0.3 is 0 Å². The van der Waals surface area contributed by atoms with Crippen molar-refractivity contribution in [3.05, 3.63) is 42.2 Å². The van der Waals surface area contributed by atoms with Crippen molar-refractivity contribution in [1.29, 1.82) is 0 Å². The van der Waals surface area contributed by atoms with Gasteiger partial charge < -0.3 is 11.1 Å². The van der Waals surface area contributed by atoms with E-state index in [0.717, 1.165) is 16.5 Å². The number of amides is 1. The number of carbonyl (C=O) groups is 2. The maximum atomic E-state index is 12.7. The zero-order valence-corrected chi connectivity index (χ0v) is 14.8. The van der Waals surface area contributed by atoms with Gasteiger partial charge in [0.25, 0.3) is 5.91 Å². The molecule has 2 aromatic heterocycles. The highest BCUT2D eigenvalue weighted by Crippen LogP contribution is 2.21. The molecule has 2 heterocycles. The van der Waals surface area contributed by atoms with Crippen molar-refractivity contribution in [1.82, 2.24) is 19.6 Å². The summed E-state index contributed by atoms with van der Waals surface area (Å²) in [6.07, 6.45) is 4.08. The fraction of sp³-hybridized carbons (Fsp3) is 0.333. The van der Waals surface area contributed by atoms with E-state index in [1.165, 1.54) is 4.68 Å².